The number of nitrogens with two attached hydrogens (primary N) is 1. The zero-order valence-electron chi connectivity index (χ0n) is 14.9. The monoisotopic (exact) mass is 399 g/mol. The summed E-state index contributed by atoms with van der Waals surface area (Å²) in [5, 5.41) is 0. The Kier molecular flexibility index (Phi) is 6.11. The second-order valence-corrected chi connectivity index (χ2v) is 9.63. The van der Waals surface area contributed by atoms with E-state index in [0.717, 1.165) is 25.3 Å². The SMILES string of the molecule is COc1ccc(S(=O)(=O)N2CCCN(C3CCSC3)CC2)cc1C(N)=O. The number of hydrogen-bond acceptors (Lipinski definition) is 6. The van der Waals surface area contributed by atoms with Crippen LogP contribution in [-0.4, -0.2) is 74.4 Å². The fourth-order valence-electron chi connectivity index (χ4n) is 3.52. The lowest BCUT2D eigenvalue weighted by molar-refractivity contribution is 0.0997. The molecule has 0 aromatic heterocycles. The molecular formula is C17H25N3O4S2. The molecular weight excluding hydrogens is 374 g/mol. The molecule has 1 unspecified atom stereocenters. The van der Waals surface area contributed by atoms with Gasteiger partial charge in [-0.25, -0.2) is 8.42 Å². The van der Waals surface area contributed by atoms with Crippen LogP contribution in [0.4, 0.5) is 0 Å². The minimum Gasteiger partial charge on any atom is -0.496 e. The Balaban J connectivity index is 1.79. The van der Waals surface area contributed by atoms with Gasteiger partial charge in [0.05, 0.1) is 17.6 Å². The predicted molar refractivity (Wildman–Crippen MR) is 102 cm³/mol. The lowest BCUT2D eigenvalue weighted by atomic mass is 10.2. The molecule has 1 atom stereocenters. The summed E-state index contributed by atoms with van der Waals surface area (Å²) in [7, 11) is -2.26. The largest absolute Gasteiger partial charge is 0.496 e. The number of rotatable bonds is 5. The van der Waals surface area contributed by atoms with Crippen molar-refractivity contribution in [2.24, 2.45) is 5.73 Å². The molecule has 1 aromatic rings. The maximum Gasteiger partial charge on any atom is 0.252 e. The van der Waals surface area contributed by atoms with Crippen LogP contribution in [0.15, 0.2) is 23.1 Å². The number of carbonyl (C=O) groups excluding carboxylic acids is 1. The first-order chi connectivity index (χ1) is 12.4. The second-order valence-electron chi connectivity index (χ2n) is 6.54. The highest BCUT2D eigenvalue weighted by atomic mass is 32.2. The number of methoxy groups -OCH3 is 1. The summed E-state index contributed by atoms with van der Waals surface area (Å²) >= 11 is 1.96. The van der Waals surface area contributed by atoms with Gasteiger partial charge in [0.1, 0.15) is 5.75 Å². The van der Waals surface area contributed by atoms with E-state index in [9.17, 15) is 13.2 Å². The summed E-state index contributed by atoms with van der Waals surface area (Å²) in [4.78, 5) is 14.1. The van der Waals surface area contributed by atoms with E-state index in [1.807, 2.05) is 11.8 Å². The van der Waals surface area contributed by atoms with E-state index >= 15 is 0 Å². The molecule has 1 amide bonds. The number of ether oxygens (including phenoxy) is 1. The van der Waals surface area contributed by atoms with Crippen LogP contribution in [0.25, 0.3) is 0 Å². The number of amides is 1. The fourth-order valence-corrected chi connectivity index (χ4v) is 6.27. The van der Waals surface area contributed by atoms with Crippen molar-refractivity contribution in [1.82, 2.24) is 9.21 Å². The summed E-state index contributed by atoms with van der Waals surface area (Å²) < 4.78 is 32.7. The van der Waals surface area contributed by atoms with Gasteiger partial charge in [0.15, 0.2) is 0 Å². The third kappa shape index (κ3) is 4.00. The van der Waals surface area contributed by atoms with Crippen LogP contribution < -0.4 is 10.5 Å². The molecule has 3 rings (SSSR count). The van der Waals surface area contributed by atoms with E-state index in [1.165, 1.54) is 41.8 Å². The van der Waals surface area contributed by atoms with Crippen LogP contribution >= 0.6 is 11.8 Å². The molecule has 2 heterocycles. The minimum atomic E-state index is -3.68. The lowest BCUT2D eigenvalue weighted by Crippen LogP contribution is -2.39. The van der Waals surface area contributed by atoms with Crippen LogP contribution in [0.3, 0.4) is 0 Å². The molecule has 0 spiro atoms. The number of thioether (sulfide) groups is 1. The maximum atomic E-state index is 13.1. The van der Waals surface area contributed by atoms with Gasteiger partial charge in [0.2, 0.25) is 10.0 Å². The van der Waals surface area contributed by atoms with Gasteiger partial charge in [-0.3, -0.25) is 9.69 Å². The zero-order valence-corrected chi connectivity index (χ0v) is 16.5. The summed E-state index contributed by atoms with van der Waals surface area (Å²) in [5.74, 6) is 1.88. The molecule has 2 N–H and O–H groups in total. The van der Waals surface area contributed by atoms with E-state index in [2.05, 4.69) is 4.90 Å². The summed E-state index contributed by atoms with van der Waals surface area (Å²) in [6, 6.07) is 4.82. The highest BCUT2D eigenvalue weighted by Crippen LogP contribution is 2.27. The van der Waals surface area contributed by atoms with E-state index in [4.69, 9.17) is 10.5 Å². The smallest absolute Gasteiger partial charge is 0.252 e. The van der Waals surface area contributed by atoms with Crippen molar-refractivity contribution in [3.8, 4) is 5.75 Å². The van der Waals surface area contributed by atoms with Gasteiger partial charge in [-0.15, -0.1) is 0 Å². The zero-order chi connectivity index (χ0) is 18.7. The Morgan fingerprint density at radius 1 is 1.27 bits per heavy atom. The molecule has 2 aliphatic rings. The maximum absolute atomic E-state index is 13.1. The second kappa shape index (κ2) is 8.16. The quantitative estimate of drug-likeness (QED) is 0.794. The minimum absolute atomic E-state index is 0.0769. The molecule has 7 nitrogen and oxygen atoms in total. The first-order valence-electron chi connectivity index (χ1n) is 8.73. The van der Waals surface area contributed by atoms with Crippen molar-refractivity contribution in [3.05, 3.63) is 23.8 Å². The molecule has 9 heteroatoms. The van der Waals surface area contributed by atoms with Gasteiger partial charge in [-0.2, -0.15) is 16.1 Å². The van der Waals surface area contributed by atoms with E-state index < -0.39 is 15.9 Å². The van der Waals surface area contributed by atoms with E-state index in [0.29, 0.717) is 19.1 Å². The summed E-state index contributed by atoms with van der Waals surface area (Å²) in [6.07, 6.45) is 1.98. The first kappa shape index (κ1) is 19.5. The average molecular weight is 400 g/mol. The van der Waals surface area contributed by atoms with E-state index in [1.54, 1.807) is 0 Å². The molecule has 2 fully saturated rings. The van der Waals surface area contributed by atoms with Crippen molar-refractivity contribution in [2.75, 3.05) is 44.8 Å². The fraction of sp³-hybridized carbons (Fsp3) is 0.588. The molecule has 0 bridgehead atoms. The van der Waals surface area contributed by atoms with Gasteiger partial charge < -0.3 is 10.5 Å². The highest BCUT2D eigenvalue weighted by Gasteiger charge is 2.31. The Hall–Kier alpha value is -1.29. The van der Waals surface area contributed by atoms with Crippen molar-refractivity contribution in [2.45, 2.75) is 23.8 Å². The number of primary amides is 1. The third-order valence-electron chi connectivity index (χ3n) is 4.99. The van der Waals surface area contributed by atoms with Crippen LogP contribution in [0.5, 0.6) is 5.75 Å². The molecule has 0 aliphatic carbocycles. The van der Waals surface area contributed by atoms with Crippen LogP contribution in [0.2, 0.25) is 0 Å². The Morgan fingerprint density at radius 3 is 2.73 bits per heavy atom. The average Bonchev–Trinajstić information content (AvgIpc) is 3.05. The molecule has 2 aliphatic heterocycles. The number of carbonyl (C=O) groups is 1. The number of nitrogens with zero attached hydrogens (tertiary/aromatic N) is 2. The third-order valence-corrected chi connectivity index (χ3v) is 8.03. The van der Waals surface area contributed by atoms with Crippen molar-refractivity contribution in [1.29, 1.82) is 0 Å². The van der Waals surface area contributed by atoms with Crippen molar-refractivity contribution < 1.29 is 17.9 Å². The summed E-state index contributed by atoms with van der Waals surface area (Å²) in [6.45, 7) is 2.60. The van der Waals surface area contributed by atoms with Crippen LogP contribution in [0, 0.1) is 0 Å². The molecule has 0 radical (unpaired) electrons. The first-order valence-corrected chi connectivity index (χ1v) is 11.3. The standard InChI is InChI=1S/C17H25N3O4S2/c1-24-16-4-3-14(11-15(16)17(18)21)26(22,23)20-7-2-6-19(8-9-20)13-5-10-25-12-13/h3-4,11,13H,2,5-10,12H2,1H3,(H2,18,21). The Morgan fingerprint density at radius 2 is 2.08 bits per heavy atom. The highest BCUT2D eigenvalue weighted by molar-refractivity contribution is 7.99. The van der Waals surface area contributed by atoms with Crippen molar-refractivity contribution >= 4 is 27.7 Å². The van der Waals surface area contributed by atoms with Gasteiger partial charge in [0.25, 0.3) is 5.91 Å². The molecule has 1 aromatic carbocycles. The molecule has 26 heavy (non-hydrogen) atoms. The molecule has 144 valence electrons. The number of hydrogen-bond donors (Lipinski definition) is 1. The van der Waals surface area contributed by atoms with E-state index in [-0.39, 0.29) is 16.2 Å². The topological polar surface area (TPSA) is 92.9 Å². The summed E-state index contributed by atoms with van der Waals surface area (Å²) in [5.41, 5.74) is 5.43. The predicted octanol–water partition coefficient (Wildman–Crippen LogP) is 0.996. The number of benzene rings is 1. The van der Waals surface area contributed by atoms with Gasteiger partial charge in [-0.1, -0.05) is 0 Å². The van der Waals surface area contributed by atoms with Crippen LogP contribution in [-0.2, 0) is 10.0 Å². The lowest BCUT2D eigenvalue weighted by Gasteiger charge is -2.26. The number of sulfonamides is 1. The normalized spacial score (nSPS) is 22.9. The van der Waals surface area contributed by atoms with Crippen LogP contribution in [0.1, 0.15) is 23.2 Å². The Bertz CT molecular complexity index is 763. The molecule has 2 saturated heterocycles. The Labute approximate surface area is 158 Å². The molecule has 0 saturated carbocycles. The van der Waals surface area contributed by atoms with Gasteiger partial charge >= 0.3 is 0 Å². The van der Waals surface area contributed by atoms with Gasteiger partial charge in [-0.05, 0) is 43.3 Å². The van der Waals surface area contributed by atoms with Gasteiger partial charge in [0, 0.05) is 31.4 Å². The van der Waals surface area contributed by atoms with Crippen molar-refractivity contribution in [3.63, 3.8) is 0 Å².